The molecule has 1 heterocycles. The average Bonchev–Trinajstić information content (AvgIpc) is 2.79. The van der Waals surface area contributed by atoms with Crippen molar-refractivity contribution in [3.05, 3.63) is 88.3 Å². The van der Waals surface area contributed by atoms with Crippen LogP contribution in [-0.4, -0.2) is 42.0 Å². The first kappa shape index (κ1) is 23.4. The molecule has 1 amide bonds. The number of rotatable bonds is 9. The van der Waals surface area contributed by atoms with Crippen LogP contribution in [0.3, 0.4) is 0 Å². The van der Waals surface area contributed by atoms with Gasteiger partial charge in [-0.2, -0.15) is 5.10 Å². The van der Waals surface area contributed by atoms with Crippen molar-refractivity contribution >= 4 is 21.6 Å². The number of sulfonamides is 1. The molecule has 2 aromatic carbocycles. The molecular formula is C23H26N4O4S. The number of unbranched alkanes of at least 4 members (excludes halogenated alkanes) is 1. The van der Waals surface area contributed by atoms with Crippen LogP contribution in [0.5, 0.6) is 0 Å². The summed E-state index contributed by atoms with van der Waals surface area (Å²) in [4.78, 5) is 24.9. The van der Waals surface area contributed by atoms with Crippen molar-refractivity contribution in [3.63, 3.8) is 0 Å². The van der Waals surface area contributed by atoms with E-state index in [9.17, 15) is 18.0 Å². The van der Waals surface area contributed by atoms with Crippen LogP contribution in [0.4, 0.5) is 5.69 Å². The van der Waals surface area contributed by atoms with Gasteiger partial charge in [0.1, 0.15) is 5.69 Å². The monoisotopic (exact) mass is 454 g/mol. The van der Waals surface area contributed by atoms with Crippen LogP contribution < -0.4 is 10.9 Å². The van der Waals surface area contributed by atoms with E-state index in [-0.39, 0.29) is 22.7 Å². The van der Waals surface area contributed by atoms with Crippen molar-refractivity contribution in [3.8, 4) is 0 Å². The summed E-state index contributed by atoms with van der Waals surface area (Å²) in [6.45, 7) is 2.70. The Bertz CT molecular complexity index is 1220. The highest BCUT2D eigenvalue weighted by molar-refractivity contribution is 7.89. The van der Waals surface area contributed by atoms with E-state index < -0.39 is 15.9 Å². The van der Waals surface area contributed by atoms with E-state index in [1.54, 1.807) is 7.05 Å². The van der Waals surface area contributed by atoms with Crippen molar-refractivity contribution in [1.82, 2.24) is 14.1 Å². The number of nitrogens with one attached hydrogen (secondary N) is 1. The molecule has 1 aromatic heterocycles. The van der Waals surface area contributed by atoms with Gasteiger partial charge in [-0.15, -0.1) is 0 Å². The Morgan fingerprint density at radius 3 is 2.38 bits per heavy atom. The Morgan fingerprint density at radius 1 is 1.03 bits per heavy atom. The third-order valence-electron chi connectivity index (χ3n) is 4.92. The largest absolute Gasteiger partial charge is 0.321 e. The van der Waals surface area contributed by atoms with E-state index in [1.807, 2.05) is 37.3 Å². The van der Waals surface area contributed by atoms with E-state index in [0.29, 0.717) is 12.2 Å². The zero-order valence-corrected chi connectivity index (χ0v) is 18.9. The molecule has 168 valence electrons. The zero-order chi connectivity index (χ0) is 23.1. The lowest BCUT2D eigenvalue weighted by atomic mass is 10.2. The van der Waals surface area contributed by atoms with Crippen LogP contribution in [0.15, 0.2) is 76.4 Å². The zero-order valence-electron chi connectivity index (χ0n) is 18.1. The Hall–Kier alpha value is -3.30. The number of carbonyl (C=O) groups is 1. The maximum Gasteiger partial charge on any atom is 0.276 e. The molecule has 0 aliphatic carbocycles. The summed E-state index contributed by atoms with van der Waals surface area (Å²) in [5.41, 5.74) is 1.08. The third-order valence-corrected chi connectivity index (χ3v) is 6.79. The van der Waals surface area contributed by atoms with Crippen molar-refractivity contribution in [1.29, 1.82) is 0 Å². The van der Waals surface area contributed by atoms with Gasteiger partial charge in [0.05, 0.1) is 11.4 Å². The maximum absolute atomic E-state index is 12.6. The smallest absolute Gasteiger partial charge is 0.276 e. The number of anilines is 1. The van der Waals surface area contributed by atoms with Gasteiger partial charge >= 0.3 is 0 Å². The molecule has 0 saturated carbocycles. The lowest BCUT2D eigenvalue weighted by Gasteiger charge is -2.17. The fourth-order valence-corrected chi connectivity index (χ4v) is 4.24. The van der Waals surface area contributed by atoms with Gasteiger partial charge in [0.15, 0.2) is 0 Å². The van der Waals surface area contributed by atoms with Crippen LogP contribution in [0.25, 0.3) is 0 Å². The summed E-state index contributed by atoms with van der Waals surface area (Å²) >= 11 is 0. The molecule has 0 atom stereocenters. The fourth-order valence-electron chi connectivity index (χ4n) is 3.03. The minimum atomic E-state index is -3.58. The number of hydrogen-bond donors (Lipinski definition) is 1. The second-order valence-corrected chi connectivity index (χ2v) is 9.40. The number of hydrogen-bond acceptors (Lipinski definition) is 5. The van der Waals surface area contributed by atoms with Gasteiger partial charge < -0.3 is 5.32 Å². The number of aromatic nitrogens is 2. The minimum Gasteiger partial charge on any atom is -0.321 e. The Morgan fingerprint density at radius 2 is 1.72 bits per heavy atom. The fraction of sp³-hybridized carbons (Fsp3) is 0.261. The topological polar surface area (TPSA) is 101 Å². The van der Waals surface area contributed by atoms with E-state index in [0.717, 1.165) is 18.4 Å². The van der Waals surface area contributed by atoms with Crippen LogP contribution in [0.1, 0.15) is 35.8 Å². The molecule has 3 rings (SSSR count). The lowest BCUT2D eigenvalue weighted by Crippen LogP contribution is -2.28. The molecule has 9 heteroatoms. The molecule has 32 heavy (non-hydrogen) atoms. The first-order valence-electron chi connectivity index (χ1n) is 10.3. The number of amides is 1. The van der Waals surface area contributed by atoms with Crippen molar-refractivity contribution < 1.29 is 13.2 Å². The summed E-state index contributed by atoms with van der Waals surface area (Å²) in [7, 11) is -2.03. The molecule has 0 unspecified atom stereocenters. The highest BCUT2D eigenvalue weighted by atomic mass is 32.2. The Kier molecular flexibility index (Phi) is 7.55. The third kappa shape index (κ3) is 5.68. The normalized spacial score (nSPS) is 11.5. The standard InChI is InChI=1S/C23H26N4O4S/c1-3-4-16-26(2)32(30,31)20-12-10-19(11-13-20)24-23(29)21-14-15-22(28)27(25-21)17-18-8-6-5-7-9-18/h5-15H,3-4,16-17H2,1-2H3,(H,24,29). The van der Waals surface area contributed by atoms with Gasteiger partial charge in [-0.3, -0.25) is 9.59 Å². The Balaban J connectivity index is 1.72. The van der Waals surface area contributed by atoms with E-state index in [2.05, 4.69) is 10.4 Å². The van der Waals surface area contributed by atoms with Crippen molar-refractivity contribution in [2.75, 3.05) is 18.9 Å². The van der Waals surface area contributed by atoms with Crippen LogP contribution in [0.2, 0.25) is 0 Å². The first-order valence-corrected chi connectivity index (χ1v) is 11.7. The molecule has 0 aliphatic heterocycles. The van der Waals surface area contributed by atoms with E-state index in [1.165, 1.54) is 45.4 Å². The van der Waals surface area contributed by atoms with Gasteiger partial charge in [-0.25, -0.2) is 17.4 Å². The van der Waals surface area contributed by atoms with Crippen LogP contribution in [-0.2, 0) is 16.6 Å². The number of benzene rings is 2. The second kappa shape index (κ2) is 10.3. The number of carbonyl (C=O) groups excluding carboxylic acids is 1. The molecule has 0 aliphatic rings. The van der Waals surface area contributed by atoms with Gasteiger partial charge in [0, 0.05) is 25.3 Å². The van der Waals surface area contributed by atoms with Gasteiger partial charge in [0.2, 0.25) is 10.0 Å². The molecular weight excluding hydrogens is 428 g/mol. The molecule has 0 bridgehead atoms. The quantitative estimate of drug-likeness (QED) is 0.536. The van der Waals surface area contributed by atoms with Crippen molar-refractivity contribution in [2.24, 2.45) is 0 Å². The molecule has 0 radical (unpaired) electrons. The molecule has 3 aromatic rings. The Labute approximate surface area is 187 Å². The van der Waals surface area contributed by atoms with E-state index >= 15 is 0 Å². The molecule has 0 spiro atoms. The maximum atomic E-state index is 12.6. The summed E-state index contributed by atoms with van der Waals surface area (Å²) in [6.07, 6.45) is 1.68. The van der Waals surface area contributed by atoms with Crippen LogP contribution in [0, 0.1) is 0 Å². The molecule has 8 nitrogen and oxygen atoms in total. The SMILES string of the molecule is CCCCN(C)S(=O)(=O)c1ccc(NC(=O)c2ccc(=O)n(Cc3ccccc3)n2)cc1. The predicted molar refractivity (Wildman–Crippen MR) is 123 cm³/mol. The highest BCUT2D eigenvalue weighted by Gasteiger charge is 2.20. The summed E-state index contributed by atoms with van der Waals surface area (Å²) in [5.74, 6) is -0.498. The molecule has 0 fully saturated rings. The van der Waals surface area contributed by atoms with Gasteiger partial charge in [-0.05, 0) is 42.3 Å². The second-order valence-electron chi connectivity index (χ2n) is 7.36. The van der Waals surface area contributed by atoms with Crippen molar-refractivity contribution in [2.45, 2.75) is 31.2 Å². The number of nitrogens with zero attached hydrogens (tertiary/aromatic N) is 3. The summed E-state index contributed by atoms with van der Waals surface area (Å²) in [6, 6.07) is 18.0. The lowest BCUT2D eigenvalue weighted by molar-refractivity contribution is 0.102. The van der Waals surface area contributed by atoms with Gasteiger partial charge in [0.25, 0.3) is 11.5 Å². The van der Waals surface area contributed by atoms with Gasteiger partial charge in [-0.1, -0.05) is 43.7 Å². The highest BCUT2D eigenvalue weighted by Crippen LogP contribution is 2.18. The van der Waals surface area contributed by atoms with Crippen LogP contribution >= 0.6 is 0 Å². The minimum absolute atomic E-state index is 0.0801. The molecule has 0 saturated heterocycles. The average molecular weight is 455 g/mol. The first-order chi connectivity index (χ1) is 15.3. The summed E-state index contributed by atoms with van der Waals surface area (Å²) in [5, 5.41) is 6.85. The molecule has 1 N–H and O–H groups in total. The predicted octanol–water partition coefficient (Wildman–Crippen LogP) is 2.96. The summed E-state index contributed by atoms with van der Waals surface area (Å²) < 4.78 is 27.8. The van der Waals surface area contributed by atoms with E-state index in [4.69, 9.17) is 0 Å².